The number of benzene rings is 1. The quantitative estimate of drug-likeness (QED) is 0.911. The summed E-state index contributed by atoms with van der Waals surface area (Å²) in [7, 11) is 3.06. The van der Waals surface area contributed by atoms with Crippen molar-refractivity contribution in [1.29, 1.82) is 0 Å². The minimum Gasteiger partial charge on any atom is -0.383 e. The van der Waals surface area contributed by atoms with Gasteiger partial charge in [0.05, 0.1) is 0 Å². The first-order valence-electron chi connectivity index (χ1n) is 6.23. The predicted octanol–water partition coefficient (Wildman–Crippen LogP) is 3.12. The number of hydrogen-bond acceptors (Lipinski definition) is 2. The van der Waals surface area contributed by atoms with Crippen molar-refractivity contribution < 1.29 is 13.6 Å². The molecule has 1 atom stereocenters. The van der Waals surface area contributed by atoms with Gasteiger partial charge in [0.1, 0.15) is 17.3 Å². The average Bonchev–Trinajstić information content (AvgIpc) is 2.35. The van der Waals surface area contributed by atoms with Crippen LogP contribution in [0, 0.1) is 17.6 Å². The lowest BCUT2D eigenvalue weighted by molar-refractivity contribution is 0.0706. The Morgan fingerprint density at radius 1 is 1.21 bits per heavy atom. The van der Waals surface area contributed by atoms with Crippen molar-refractivity contribution in [1.82, 2.24) is 4.90 Å². The van der Waals surface area contributed by atoms with E-state index >= 15 is 0 Å². The summed E-state index contributed by atoms with van der Waals surface area (Å²) in [5, 5.41) is 2.42. The van der Waals surface area contributed by atoms with E-state index in [2.05, 4.69) is 5.32 Å². The molecule has 0 aromatic heterocycles. The van der Waals surface area contributed by atoms with E-state index in [1.807, 2.05) is 20.8 Å². The number of hydrogen-bond donors (Lipinski definition) is 1. The van der Waals surface area contributed by atoms with Gasteiger partial charge in [0.2, 0.25) is 0 Å². The van der Waals surface area contributed by atoms with Gasteiger partial charge in [0.25, 0.3) is 5.91 Å². The van der Waals surface area contributed by atoms with Crippen molar-refractivity contribution in [3.8, 4) is 0 Å². The van der Waals surface area contributed by atoms with Gasteiger partial charge < -0.3 is 10.2 Å². The van der Waals surface area contributed by atoms with Gasteiger partial charge in [-0.25, -0.2) is 8.78 Å². The second-order valence-corrected chi connectivity index (χ2v) is 4.97. The Bertz CT molecular complexity index is 452. The molecule has 0 spiro atoms. The Balaban J connectivity index is 3.07. The zero-order chi connectivity index (χ0) is 14.7. The Morgan fingerprint density at radius 2 is 1.68 bits per heavy atom. The van der Waals surface area contributed by atoms with Crippen LogP contribution in [0.5, 0.6) is 0 Å². The molecule has 1 unspecified atom stereocenters. The molecule has 3 nitrogen and oxygen atoms in total. The van der Waals surface area contributed by atoms with Gasteiger partial charge in [0.15, 0.2) is 0 Å². The smallest absolute Gasteiger partial charge is 0.254 e. The van der Waals surface area contributed by atoms with Gasteiger partial charge in [-0.1, -0.05) is 13.8 Å². The van der Waals surface area contributed by atoms with E-state index in [-0.39, 0.29) is 29.1 Å². The maximum Gasteiger partial charge on any atom is 0.254 e. The molecule has 1 amide bonds. The Morgan fingerprint density at radius 3 is 2.05 bits per heavy atom. The van der Waals surface area contributed by atoms with Gasteiger partial charge in [-0.15, -0.1) is 0 Å². The molecule has 0 aliphatic heterocycles. The first-order chi connectivity index (χ1) is 8.79. The average molecular weight is 270 g/mol. The Labute approximate surface area is 112 Å². The highest BCUT2D eigenvalue weighted by Crippen LogP contribution is 2.22. The van der Waals surface area contributed by atoms with Gasteiger partial charge in [-0.05, 0) is 25.0 Å². The van der Waals surface area contributed by atoms with E-state index in [1.54, 1.807) is 7.05 Å². The summed E-state index contributed by atoms with van der Waals surface area (Å²) in [6.07, 6.45) is 0. The summed E-state index contributed by atoms with van der Waals surface area (Å²) < 4.78 is 27.2. The normalized spacial score (nSPS) is 12.4. The lowest BCUT2D eigenvalue weighted by Gasteiger charge is -2.28. The van der Waals surface area contributed by atoms with Crippen LogP contribution in [0.2, 0.25) is 0 Å². The summed E-state index contributed by atoms with van der Waals surface area (Å²) in [5.41, 5.74) is -0.208. The second-order valence-electron chi connectivity index (χ2n) is 4.97. The summed E-state index contributed by atoms with van der Waals surface area (Å²) in [6, 6.07) is 2.10. The van der Waals surface area contributed by atoms with Gasteiger partial charge in [-0.3, -0.25) is 4.79 Å². The highest BCUT2D eigenvalue weighted by molar-refractivity contribution is 5.94. The first-order valence-corrected chi connectivity index (χ1v) is 6.23. The minimum atomic E-state index is -0.767. The molecule has 0 saturated carbocycles. The fourth-order valence-electron chi connectivity index (χ4n) is 1.77. The van der Waals surface area contributed by atoms with Crippen LogP contribution in [-0.2, 0) is 0 Å². The van der Waals surface area contributed by atoms with Gasteiger partial charge in [0, 0.05) is 25.7 Å². The summed E-state index contributed by atoms with van der Waals surface area (Å²) >= 11 is 0. The number of carbonyl (C=O) groups is 1. The lowest BCUT2D eigenvalue weighted by atomic mass is 10.0. The maximum atomic E-state index is 13.6. The fourth-order valence-corrected chi connectivity index (χ4v) is 1.77. The predicted molar refractivity (Wildman–Crippen MR) is 72.3 cm³/mol. The minimum absolute atomic E-state index is 0.0115. The third kappa shape index (κ3) is 3.22. The van der Waals surface area contributed by atoms with Crippen LogP contribution in [0.3, 0.4) is 0 Å². The van der Waals surface area contributed by atoms with Crippen LogP contribution in [0.15, 0.2) is 12.1 Å². The van der Waals surface area contributed by atoms with E-state index in [0.717, 1.165) is 12.1 Å². The van der Waals surface area contributed by atoms with E-state index in [9.17, 15) is 13.6 Å². The SMILES string of the molecule is CNc1c(F)cc(C(=O)N(C)C(C)C(C)C)cc1F. The molecule has 1 aromatic rings. The van der Waals surface area contributed by atoms with Gasteiger partial charge >= 0.3 is 0 Å². The molecule has 1 rings (SSSR count). The highest BCUT2D eigenvalue weighted by Gasteiger charge is 2.22. The molecule has 0 fully saturated rings. The molecular weight excluding hydrogens is 250 g/mol. The molecule has 1 aromatic carbocycles. The number of rotatable bonds is 4. The zero-order valence-electron chi connectivity index (χ0n) is 11.9. The third-order valence-corrected chi connectivity index (χ3v) is 3.44. The lowest BCUT2D eigenvalue weighted by Crippen LogP contribution is -2.38. The summed E-state index contributed by atoms with van der Waals surface area (Å²) in [5.74, 6) is -1.66. The summed E-state index contributed by atoms with van der Waals surface area (Å²) in [6.45, 7) is 5.87. The number of nitrogens with zero attached hydrogens (tertiary/aromatic N) is 1. The van der Waals surface area contributed by atoms with Crippen LogP contribution >= 0.6 is 0 Å². The molecular formula is C14H20F2N2O. The number of halogens is 2. The fraction of sp³-hybridized carbons (Fsp3) is 0.500. The van der Waals surface area contributed by atoms with Crippen LogP contribution in [0.25, 0.3) is 0 Å². The highest BCUT2D eigenvalue weighted by atomic mass is 19.1. The third-order valence-electron chi connectivity index (χ3n) is 3.44. The summed E-state index contributed by atoms with van der Waals surface area (Å²) in [4.78, 5) is 13.7. The first kappa shape index (κ1) is 15.4. The monoisotopic (exact) mass is 270 g/mol. The number of carbonyl (C=O) groups excluding carboxylic acids is 1. The number of anilines is 1. The molecule has 0 heterocycles. The zero-order valence-corrected chi connectivity index (χ0v) is 11.9. The number of amides is 1. The molecule has 106 valence electrons. The van der Waals surface area contributed by atoms with E-state index in [1.165, 1.54) is 11.9 Å². The molecule has 0 radical (unpaired) electrons. The molecule has 19 heavy (non-hydrogen) atoms. The van der Waals surface area contributed by atoms with Gasteiger partial charge in [-0.2, -0.15) is 0 Å². The van der Waals surface area contributed by atoms with Crippen molar-refractivity contribution in [2.75, 3.05) is 19.4 Å². The topological polar surface area (TPSA) is 32.3 Å². The molecule has 0 aliphatic rings. The van der Waals surface area contributed by atoms with Crippen molar-refractivity contribution in [3.05, 3.63) is 29.3 Å². The Kier molecular flexibility index (Phi) is 4.86. The van der Waals surface area contributed by atoms with Crippen LogP contribution in [0.1, 0.15) is 31.1 Å². The van der Waals surface area contributed by atoms with Crippen molar-refractivity contribution >= 4 is 11.6 Å². The molecule has 0 aliphatic carbocycles. The molecule has 1 N–H and O–H groups in total. The molecule has 0 bridgehead atoms. The molecule has 5 heteroatoms. The maximum absolute atomic E-state index is 13.6. The molecule has 0 saturated heterocycles. The van der Waals surface area contributed by atoms with Crippen molar-refractivity contribution in [3.63, 3.8) is 0 Å². The van der Waals surface area contributed by atoms with Crippen LogP contribution in [0.4, 0.5) is 14.5 Å². The van der Waals surface area contributed by atoms with E-state index in [4.69, 9.17) is 0 Å². The van der Waals surface area contributed by atoms with E-state index in [0.29, 0.717) is 0 Å². The standard InChI is InChI=1S/C14H20F2N2O/c1-8(2)9(3)18(5)14(19)10-6-11(15)13(17-4)12(16)7-10/h6-9,17H,1-5H3. The second kappa shape index (κ2) is 5.99. The van der Waals surface area contributed by atoms with Crippen LogP contribution in [-0.4, -0.2) is 30.9 Å². The largest absolute Gasteiger partial charge is 0.383 e. The van der Waals surface area contributed by atoms with Crippen LogP contribution < -0.4 is 5.32 Å². The van der Waals surface area contributed by atoms with Crippen molar-refractivity contribution in [2.45, 2.75) is 26.8 Å². The Hall–Kier alpha value is -1.65. The number of nitrogens with one attached hydrogen (secondary N) is 1. The van der Waals surface area contributed by atoms with E-state index < -0.39 is 11.6 Å². The van der Waals surface area contributed by atoms with Crippen molar-refractivity contribution in [2.24, 2.45) is 5.92 Å².